The van der Waals surface area contributed by atoms with Crippen LogP contribution < -0.4 is 10.2 Å². The third-order valence-corrected chi connectivity index (χ3v) is 4.27. The molecule has 1 aliphatic heterocycles. The topological polar surface area (TPSA) is 72.8 Å². The number of nitrogens with one attached hydrogen (secondary N) is 1. The van der Waals surface area contributed by atoms with E-state index in [4.69, 9.17) is 0 Å². The van der Waals surface area contributed by atoms with Gasteiger partial charge in [0.05, 0.1) is 0 Å². The van der Waals surface area contributed by atoms with Crippen LogP contribution in [0.3, 0.4) is 0 Å². The minimum atomic E-state index is -0.299. The maximum atomic E-state index is 12.2. The van der Waals surface area contributed by atoms with Crippen molar-refractivity contribution >= 4 is 11.6 Å². The number of hydrogen-bond acceptors (Lipinski definition) is 4. The van der Waals surface area contributed by atoms with Crippen LogP contribution in [0.1, 0.15) is 28.3 Å². The molecular weight excluding hydrogens is 292 g/mol. The number of anilines is 1. The first-order valence-electron chi connectivity index (χ1n) is 7.66. The number of hydrogen-bond donors (Lipinski definition) is 3. The van der Waals surface area contributed by atoms with Crippen LogP contribution in [0.5, 0.6) is 11.5 Å². The Balaban J connectivity index is 1.71. The second-order valence-electron chi connectivity index (χ2n) is 5.91. The third-order valence-electron chi connectivity index (χ3n) is 4.27. The van der Waals surface area contributed by atoms with Gasteiger partial charge in [0, 0.05) is 43.4 Å². The number of aromatic hydroxyl groups is 2. The fourth-order valence-corrected chi connectivity index (χ4v) is 3.06. The van der Waals surface area contributed by atoms with Crippen molar-refractivity contribution < 1.29 is 15.0 Å². The quantitative estimate of drug-likeness (QED) is 0.814. The zero-order chi connectivity index (χ0) is 16.4. The van der Waals surface area contributed by atoms with Gasteiger partial charge in [-0.25, -0.2) is 0 Å². The molecule has 3 N–H and O–H groups in total. The van der Waals surface area contributed by atoms with E-state index in [0.29, 0.717) is 6.54 Å². The number of phenolic OH excluding ortho intramolecular Hbond substituents is 2. The summed E-state index contributed by atoms with van der Waals surface area (Å²) in [6.07, 6.45) is 0.971. The molecule has 1 aliphatic rings. The van der Waals surface area contributed by atoms with Gasteiger partial charge in [-0.05, 0) is 30.2 Å². The van der Waals surface area contributed by atoms with E-state index in [-0.39, 0.29) is 28.9 Å². The van der Waals surface area contributed by atoms with Crippen molar-refractivity contribution in [1.29, 1.82) is 0 Å². The molecule has 5 heteroatoms. The van der Waals surface area contributed by atoms with Crippen molar-refractivity contribution in [1.82, 2.24) is 5.32 Å². The zero-order valence-electron chi connectivity index (χ0n) is 13.0. The fourth-order valence-electron chi connectivity index (χ4n) is 3.06. The van der Waals surface area contributed by atoms with E-state index in [1.165, 1.54) is 29.4 Å². The number of nitrogens with zero attached hydrogens (tertiary/aromatic N) is 1. The molecule has 0 aliphatic carbocycles. The lowest BCUT2D eigenvalue weighted by atomic mass is 9.90. The van der Waals surface area contributed by atoms with E-state index in [1.807, 2.05) is 12.1 Å². The number of benzene rings is 2. The number of carbonyl (C=O) groups is 1. The molecule has 1 heterocycles. The smallest absolute Gasteiger partial charge is 0.251 e. The molecule has 0 radical (unpaired) electrons. The van der Waals surface area contributed by atoms with Crippen molar-refractivity contribution in [3.63, 3.8) is 0 Å². The third kappa shape index (κ3) is 3.23. The molecule has 23 heavy (non-hydrogen) atoms. The molecule has 1 amide bonds. The summed E-state index contributed by atoms with van der Waals surface area (Å²) >= 11 is 0. The first kappa shape index (κ1) is 15.2. The van der Waals surface area contributed by atoms with Crippen LogP contribution in [-0.4, -0.2) is 36.3 Å². The van der Waals surface area contributed by atoms with Crippen LogP contribution in [0.2, 0.25) is 0 Å². The van der Waals surface area contributed by atoms with Crippen molar-refractivity contribution in [3.05, 3.63) is 53.6 Å². The monoisotopic (exact) mass is 312 g/mol. The minimum Gasteiger partial charge on any atom is -0.508 e. The summed E-state index contributed by atoms with van der Waals surface area (Å²) in [6.45, 7) is 1.48. The SMILES string of the molecule is CN1CC[C@H](CNC(=O)c2cc(O)cc(O)c2)c2ccccc21. The Morgan fingerprint density at radius 1 is 1.22 bits per heavy atom. The highest BCUT2D eigenvalue weighted by atomic mass is 16.3. The Kier molecular flexibility index (Phi) is 4.10. The predicted molar refractivity (Wildman–Crippen MR) is 89.2 cm³/mol. The number of carbonyl (C=O) groups excluding carboxylic acids is 1. The number of fused-ring (bicyclic) bond motifs is 1. The van der Waals surface area contributed by atoms with Crippen LogP contribution in [0.15, 0.2) is 42.5 Å². The van der Waals surface area contributed by atoms with E-state index in [9.17, 15) is 15.0 Å². The summed E-state index contributed by atoms with van der Waals surface area (Å²) in [5.41, 5.74) is 2.69. The molecular formula is C18H20N2O3. The van der Waals surface area contributed by atoms with Gasteiger partial charge in [-0.15, -0.1) is 0 Å². The largest absolute Gasteiger partial charge is 0.508 e. The molecule has 2 aromatic rings. The lowest BCUT2D eigenvalue weighted by Crippen LogP contribution is -2.34. The Labute approximate surface area is 135 Å². The van der Waals surface area contributed by atoms with Crippen molar-refractivity contribution in [2.24, 2.45) is 0 Å². The van der Waals surface area contributed by atoms with Crippen LogP contribution in [0.25, 0.3) is 0 Å². The number of phenols is 2. The molecule has 2 aromatic carbocycles. The highest BCUT2D eigenvalue weighted by Crippen LogP contribution is 2.33. The molecule has 5 nitrogen and oxygen atoms in total. The molecule has 0 bridgehead atoms. The fraction of sp³-hybridized carbons (Fsp3) is 0.278. The average molecular weight is 312 g/mol. The zero-order valence-corrected chi connectivity index (χ0v) is 13.0. The highest BCUT2D eigenvalue weighted by Gasteiger charge is 2.23. The van der Waals surface area contributed by atoms with E-state index in [1.54, 1.807) is 0 Å². The van der Waals surface area contributed by atoms with Gasteiger partial charge in [-0.3, -0.25) is 4.79 Å². The van der Waals surface area contributed by atoms with Crippen LogP contribution >= 0.6 is 0 Å². The standard InChI is InChI=1S/C18H20N2O3/c1-20-7-6-12(16-4-2-3-5-17(16)20)11-19-18(23)13-8-14(21)10-15(22)9-13/h2-5,8-10,12,21-22H,6-7,11H2,1H3,(H,19,23)/t12-/m1/s1. The summed E-state index contributed by atoms with van der Waals surface area (Å²) in [5.74, 6) is -0.288. The van der Waals surface area contributed by atoms with Gasteiger partial charge in [-0.2, -0.15) is 0 Å². The highest BCUT2D eigenvalue weighted by molar-refractivity contribution is 5.95. The Bertz CT molecular complexity index is 710. The summed E-state index contributed by atoms with van der Waals surface area (Å²) in [6, 6.07) is 12.1. The second-order valence-corrected chi connectivity index (χ2v) is 5.91. The van der Waals surface area contributed by atoms with Gasteiger partial charge >= 0.3 is 0 Å². The number of rotatable bonds is 3. The Morgan fingerprint density at radius 3 is 2.65 bits per heavy atom. The van der Waals surface area contributed by atoms with Gasteiger partial charge in [0.1, 0.15) is 11.5 Å². The predicted octanol–water partition coefficient (Wildman–Crippen LogP) is 2.45. The van der Waals surface area contributed by atoms with Crippen molar-refractivity contribution in [3.8, 4) is 11.5 Å². The van der Waals surface area contributed by atoms with E-state index in [2.05, 4.69) is 29.4 Å². The molecule has 3 rings (SSSR count). The van der Waals surface area contributed by atoms with Gasteiger partial charge < -0.3 is 20.4 Å². The molecule has 1 atom stereocenters. The van der Waals surface area contributed by atoms with Gasteiger partial charge in [0.25, 0.3) is 5.91 Å². The first-order valence-corrected chi connectivity index (χ1v) is 7.66. The van der Waals surface area contributed by atoms with Crippen molar-refractivity contribution in [2.75, 3.05) is 25.0 Å². The van der Waals surface area contributed by atoms with E-state index in [0.717, 1.165) is 13.0 Å². The molecule has 0 saturated carbocycles. The lowest BCUT2D eigenvalue weighted by molar-refractivity contribution is 0.0949. The molecule has 0 unspecified atom stereocenters. The maximum absolute atomic E-state index is 12.2. The van der Waals surface area contributed by atoms with Crippen LogP contribution in [0.4, 0.5) is 5.69 Å². The number of para-hydroxylation sites is 1. The van der Waals surface area contributed by atoms with Crippen LogP contribution in [0, 0.1) is 0 Å². The molecule has 0 aromatic heterocycles. The van der Waals surface area contributed by atoms with Crippen LogP contribution in [-0.2, 0) is 0 Å². The Hall–Kier alpha value is -2.69. The van der Waals surface area contributed by atoms with Gasteiger partial charge in [0.15, 0.2) is 0 Å². The van der Waals surface area contributed by atoms with Gasteiger partial charge in [-0.1, -0.05) is 18.2 Å². The van der Waals surface area contributed by atoms with E-state index >= 15 is 0 Å². The average Bonchev–Trinajstić information content (AvgIpc) is 2.53. The summed E-state index contributed by atoms with van der Waals surface area (Å²) in [7, 11) is 2.07. The second kappa shape index (κ2) is 6.20. The molecule has 0 spiro atoms. The molecule has 120 valence electrons. The molecule has 0 saturated heterocycles. The molecule has 0 fully saturated rings. The normalized spacial score (nSPS) is 16.7. The summed E-state index contributed by atoms with van der Waals surface area (Å²) in [4.78, 5) is 14.4. The lowest BCUT2D eigenvalue weighted by Gasteiger charge is -2.33. The maximum Gasteiger partial charge on any atom is 0.251 e. The summed E-state index contributed by atoms with van der Waals surface area (Å²) < 4.78 is 0. The van der Waals surface area contributed by atoms with Crippen molar-refractivity contribution in [2.45, 2.75) is 12.3 Å². The minimum absolute atomic E-state index is 0.125. The van der Waals surface area contributed by atoms with Gasteiger partial charge in [0.2, 0.25) is 0 Å². The first-order chi connectivity index (χ1) is 11.0. The number of amides is 1. The van der Waals surface area contributed by atoms with E-state index < -0.39 is 0 Å². The summed E-state index contributed by atoms with van der Waals surface area (Å²) in [5, 5.41) is 21.8. The Morgan fingerprint density at radius 2 is 1.91 bits per heavy atom.